The van der Waals surface area contributed by atoms with Crippen molar-refractivity contribution in [2.24, 2.45) is 0 Å². The van der Waals surface area contributed by atoms with Crippen LogP contribution in [0.15, 0.2) is 60.7 Å². The van der Waals surface area contributed by atoms with Crippen LogP contribution >= 0.6 is 0 Å². The molecule has 5 rings (SSSR count). The molecule has 158 valence electrons. The summed E-state index contributed by atoms with van der Waals surface area (Å²) in [6.07, 6.45) is 0. The van der Waals surface area contributed by atoms with Crippen molar-refractivity contribution in [2.75, 3.05) is 43.6 Å². The van der Waals surface area contributed by atoms with Crippen LogP contribution in [0, 0.1) is 0 Å². The number of ether oxygens (including phenoxy) is 2. The Kier molecular flexibility index (Phi) is 5.05. The zero-order valence-corrected chi connectivity index (χ0v) is 17.2. The molecule has 0 aliphatic carbocycles. The predicted octanol–water partition coefficient (Wildman–Crippen LogP) is 3.69. The molecule has 0 saturated carbocycles. The average Bonchev–Trinajstić information content (AvgIpc) is 3.22. The molecular formula is C23H23N5O3. The van der Waals surface area contributed by atoms with Gasteiger partial charge in [-0.2, -0.15) is 4.98 Å². The Morgan fingerprint density at radius 2 is 1.84 bits per heavy atom. The summed E-state index contributed by atoms with van der Waals surface area (Å²) in [7, 11) is 1.53. The third-order valence-electron chi connectivity index (χ3n) is 5.33. The predicted molar refractivity (Wildman–Crippen MR) is 119 cm³/mol. The molecule has 0 atom stereocenters. The van der Waals surface area contributed by atoms with Gasteiger partial charge in [0, 0.05) is 30.0 Å². The number of methoxy groups -OCH3 is 1. The molecule has 1 fully saturated rings. The van der Waals surface area contributed by atoms with E-state index in [4.69, 9.17) is 9.47 Å². The number of rotatable bonds is 5. The minimum Gasteiger partial charge on any atom is -0.504 e. The highest BCUT2D eigenvalue weighted by atomic mass is 16.5. The highest BCUT2D eigenvalue weighted by molar-refractivity contribution is 5.68. The molecular weight excluding hydrogens is 394 g/mol. The summed E-state index contributed by atoms with van der Waals surface area (Å²) in [5.41, 5.74) is 4.43. The van der Waals surface area contributed by atoms with Gasteiger partial charge in [-0.15, -0.1) is 5.10 Å². The van der Waals surface area contributed by atoms with E-state index in [1.807, 2.05) is 36.4 Å². The van der Waals surface area contributed by atoms with Crippen LogP contribution < -0.4 is 15.0 Å². The standard InChI is InChI=1S/C23H23N5O3/c1-30-21-10-5-16(15-20(21)29)19-3-2-4-22-25-23(26-28(19)22)24-17-6-8-18(9-7-17)27-11-13-31-14-12-27/h2-10,15,29H,11-14H2,1H3,(H,24,26). The molecule has 1 saturated heterocycles. The van der Waals surface area contributed by atoms with Crippen LogP contribution in [0.1, 0.15) is 0 Å². The van der Waals surface area contributed by atoms with Crippen LogP contribution in [0.25, 0.3) is 16.9 Å². The number of aromatic hydroxyl groups is 1. The van der Waals surface area contributed by atoms with E-state index in [2.05, 4.69) is 32.4 Å². The van der Waals surface area contributed by atoms with Crippen LogP contribution in [0.5, 0.6) is 11.5 Å². The van der Waals surface area contributed by atoms with Crippen molar-refractivity contribution in [3.63, 3.8) is 0 Å². The quantitative estimate of drug-likeness (QED) is 0.512. The van der Waals surface area contributed by atoms with E-state index in [9.17, 15) is 5.11 Å². The lowest BCUT2D eigenvalue weighted by molar-refractivity contribution is 0.122. The topological polar surface area (TPSA) is 84.2 Å². The summed E-state index contributed by atoms with van der Waals surface area (Å²) in [5, 5.41) is 18.0. The first-order valence-electron chi connectivity index (χ1n) is 10.1. The van der Waals surface area contributed by atoms with Crippen LogP contribution in [-0.2, 0) is 4.74 Å². The van der Waals surface area contributed by atoms with Gasteiger partial charge in [0.05, 0.1) is 26.0 Å². The van der Waals surface area contributed by atoms with Gasteiger partial charge in [-0.3, -0.25) is 0 Å². The van der Waals surface area contributed by atoms with Gasteiger partial charge in [0.2, 0.25) is 5.95 Å². The molecule has 0 amide bonds. The molecule has 2 aromatic carbocycles. The third-order valence-corrected chi connectivity index (χ3v) is 5.33. The van der Waals surface area contributed by atoms with Gasteiger partial charge in [0.25, 0.3) is 0 Å². The molecule has 1 aliphatic heterocycles. The van der Waals surface area contributed by atoms with Crippen LogP contribution in [0.3, 0.4) is 0 Å². The fourth-order valence-electron chi connectivity index (χ4n) is 3.73. The Balaban J connectivity index is 1.40. The maximum atomic E-state index is 10.1. The van der Waals surface area contributed by atoms with Crippen molar-refractivity contribution in [1.29, 1.82) is 0 Å². The lowest BCUT2D eigenvalue weighted by Gasteiger charge is -2.28. The summed E-state index contributed by atoms with van der Waals surface area (Å²) < 4.78 is 12.3. The van der Waals surface area contributed by atoms with Gasteiger partial charge in [-0.1, -0.05) is 6.07 Å². The number of nitrogens with one attached hydrogen (secondary N) is 1. The number of benzene rings is 2. The first-order valence-corrected chi connectivity index (χ1v) is 10.1. The van der Waals surface area contributed by atoms with E-state index in [1.165, 1.54) is 12.8 Å². The molecule has 0 bridgehead atoms. The molecule has 8 nitrogen and oxygen atoms in total. The van der Waals surface area contributed by atoms with Crippen molar-refractivity contribution in [2.45, 2.75) is 0 Å². The second-order valence-electron chi connectivity index (χ2n) is 7.27. The minimum atomic E-state index is 0.0795. The molecule has 4 aromatic rings. The van der Waals surface area contributed by atoms with Crippen molar-refractivity contribution in [1.82, 2.24) is 14.6 Å². The minimum absolute atomic E-state index is 0.0795. The van der Waals surface area contributed by atoms with Crippen molar-refractivity contribution in [3.8, 4) is 22.8 Å². The highest BCUT2D eigenvalue weighted by Crippen LogP contribution is 2.31. The summed E-state index contributed by atoms with van der Waals surface area (Å²) in [6.45, 7) is 3.34. The highest BCUT2D eigenvalue weighted by Gasteiger charge is 2.13. The second kappa shape index (κ2) is 8.16. The Bertz CT molecular complexity index is 1200. The van der Waals surface area contributed by atoms with Gasteiger partial charge < -0.3 is 24.8 Å². The lowest BCUT2D eigenvalue weighted by Crippen LogP contribution is -2.36. The average molecular weight is 417 g/mol. The smallest absolute Gasteiger partial charge is 0.247 e. The Labute approximate surface area is 179 Å². The van der Waals surface area contributed by atoms with Gasteiger partial charge in [0.1, 0.15) is 0 Å². The van der Waals surface area contributed by atoms with Gasteiger partial charge in [-0.25, -0.2) is 4.52 Å². The fourth-order valence-corrected chi connectivity index (χ4v) is 3.73. The van der Waals surface area contributed by atoms with Crippen LogP contribution in [0.2, 0.25) is 0 Å². The lowest BCUT2D eigenvalue weighted by atomic mass is 10.1. The zero-order valence-electron chi connectivity index (χ0n) is 17.2. The first kappa shape index (κ1) is 19.2. The molecule has 2 aromatic heterocycles. The van der Waals surface area contributed by atoms with Crippen molar-refractivity contribution < 1.29 is 14.6 Å². The maximum absolute atomic E-state index is 10.1. The van der Waals surface area contributed by atoms with E-state index in [0.717, 1.165) is 43.2 Å². The molecule has 31 heavy (non-hydrogen) atoms. The van der Waals surface area contributed by atoms with Crippen LogP contribution in [-0.4, -0.2) is 53.1 Å². The van der Waals surface area contributed by atoms with Gasteiger partial charge >= 0.3 is 0 Å². The van der Waals surface area contributed by atoms with E-state index in [1.54, 1.807) is 16.6 Å². The SMILES string of the molecule is COc1ccc(-c2cccc3nc(Nc4ccc(N5CCOCC5)cc4)nn23)cc1O. The number of morpholine rings is 1. The molecule has 8 heteroatoms. The van der Waals surface area contributed by atoms with Crippen molar-refractivity contribution >= 4 is 23.0 Å². The maximum Gasteiger partial charge on any atom is 0.247 e. The number of anilines is 3. The number of nitrogens with zero attached hydrogens (tertiary/aromatic N) is 4. The first-order chi connectivity index (χ1) is 15.2. The van der Waals surface area contributed by atoms with E-state index < -0.39 is 0 Å². The van der Waals surface area contributed by atoms with Gasteiger partial charge in [-0.05, 0) is 54.6 Å². The number of hydrogen-bond donors (Lipinski definition) is 2. The summed E-state index contributed by atoms with van der Waals surface area (Å²) >= 11 is 0. The largest absolute Gasteiger partial charge is 0.504 e. The zero-order chi connectivity index (χ0) is 21.2. The second-order valence-corrected chi connectivity index (χ2v) is 7.27. The molecule has 0 radical (unpaired) electrons. The summed E-state index contributed by atoms with van der Waals surface area (Å²) in [6, 6.07) is 19.3. The molecule has 1 aliphatic rings. The molecule has 0 unspecified atom stereocenters. The number of hydrogen-bond acceptors (Lipinski definition) is 7. The third kappa shape index (κ3) is 3.85. The summed E-state index contributed by atoms with van der Waals surface area (Å²) in [4.78, 5) is 6.90. The number of phenolic OH excluding ortho intramolecular Hbond substituents is 1. The van der Waals surface area contributed by atoms with Gasteiger partial charge in [0.15, 0.2) is 17.1 Å². The molecule has 2 N–H and O–H groups in total. The van der Waals surface area contributed by atoms with Crippen LogP contribution in [0.4, 0.5) is 17.3 Å². The Morgan fingerprint density at radius 3 is 2.58 bits per heavy atom. The van der Waals surface area contributed by atoms with E-state index in [0.29, 0.717) is 17.3 Å². The number of fused-ring (bicyclic) bond motifs is 1. The number of pyridine rings is 1. The van der Waals surface area contributed by atoms with E-state index in [-0.39, 0.29) is 5.75 Å². The van der Waals surface area contributed by atoms with Crippen molar-refractivity contribution in [3.05, 3.63) is 60.7 Å². The molecule has 0 spiro atoms. The monoisotopic (exact) mass is 417 g/mol. The summed E-state index contributed by atoms with van der Waals surface area (Å²) in [5.74, 6) is 1.01. The number of phenols is 1. The normalized spacial score (nSPS) is 14.0. The Hall–Kier alpha value is -3.78. The molecule has 3 heterocycles. The van der Waals surface area contributed by atoms with E-state index >= 15 is 0 Å². The fraction of sp³-hybridized carbons (Fsp3) is 0.217. The Morgan fingerprint density at radius 1 is 1.03 bits per heavy atom. The number of aromatic nitrogens is 3.